The molecule has 20 heavy (non-hydrogen) atoms. The number of allylic oxidation sites excluding steroid dienone is 1. The first-order valence-electron chi connectivity index (χ1n) is 7.24. The average Bonchev–Trinajstić information content (AvgIpc) is 2.74. The van der Waals surface area contributed by atoms with Gasteiger partial charge in [0.25, 0.3) is 0 Å². The molecule has 0 radical (unpaired) electrons. The summed E-state index contributed by atoms with van der Waals surface area (Å²) in [4.78, 5) is 0. The van der Waals surface area contributed by atoms with Crippen molar-refractivity contribution in [3.8, 4) is 0 Å². The number of fused-ring (bicyclic) bond motifs is 1. The average molecular weight is 400 g/mol. The number of aliphatic hydroxyl groups excluding tert-OH is 1. The van der Waals surface area contributed by atoms with Crippen molar-refractivity contribution in [3.63, 3.8) is 0 Å². The second kappa shape index (κ2) is 5.65. The molecule has 0 aliphatic heterocycles. The zero-order valence-electron chi connectivity index (χ0n) is 11.8. The predicted molar refractivity (Wildman–Crippen MR) is 95.2 cm³/mol. The van der Waals surface area contributed by atoms with Gasteiger partial charge in [0.2, 0.25) is 0 Å². The lowest BCUT2D eigenvalue weighted by atomic mass is 9.62. The largest absolute Gasteiger partial charge is 0.393 e. The molecule has 0 saturated heterocycles. The van der Waals surface area contributed by atoms with E-state index in [0.29, 0.717) is 17.1 Å². The van der Waals surface area contributed by atoms with Crippen molar-refractivity contribution in [2.45, 2.75) is 43.5 Å². The Morgan fingerprint density at radius 2 is 2.00 bits per heavy atom. The van der Waals surface area contributed by atoms with Crippen molar-refractivity contribution in [1.29, 1.82) is 0 Å². The van der Waals surface area contributed by atoms with Crippen LogP contribution in [0.25, 0.3) is 0 Å². The van der Waals surface area contributed by atoms with Gasteiger partial charge in [-0.3, -0.25) is 0 Å². The molecule has 0 heterocycles. The number of hydrogen-bond acceptors (Lipinski definition) is 2. The van der Waals surface area contributed by atoms with Crippen LogP contribution in [0.1, 0.15) is 37.7 Å². The van der Waals surface area contributed by atoms with E-state index in [9.17, 15) is 5.11 Å². The molecule has 3 heteroatoms. The fourth-order valence-corrected chi connectivity index (χ4v) is 6.65. The van der Waals surface area contributed by atoms with Crippen LogP contribution >= 0.6 is 30.1 Å². The first-order chi connectivity index (χ1) is 9.55. The quantitative estimate of drug-likeness (QED) is 0.560. The molecule has 5 atom stereocenters. The Morgan fingerprint density at radius 3 is 2.65 bits per heavy atom. The van der Waals surface area contributed by atoms with E-state index in [1.165, 1.54) is 17.6 Å². The summed E-state index contributed by atoms with van der Waals surface area (Å²) in [7, 11) is 1.93. The Balaban J connectivity index is 1.97. The summed E-state index contributed by atoms with van der Waals surface area (Å²) in [6.07, 6.45) is 2.88. The van der Waals surface area contributed by atoms with Crippen molar-refractivity contribution >= 4 is 30.1 Å². The summed E-state index contributed by atoms with van der Waals surface area (Å²) >= 11 is 2.44. The lowest BCUT2D eigenvalue weighted by Crippen LogP contribution is -2.38. The molecule has 2 aliphatic carbocycles. The monoisotopic (exact) mass is 400 g/mol. The van der Waals surface area contributed by atoms with Crippen LogP contribution in [0.5, 0.6) is 0 Å². The number of aliphatic hydroxyl groups is 1. The van der Waals surface area contributed by atoms with E-state index < -0.39 is 0 Å². The van der Waals surface area contributed by atoms with E-state index >= 15 is 0 Å². The van der Waals surface area contributed by atoms with E-state index in [0.717, 1.165) is 12.8 Å². The molecular formula is C17H21IOS. The lowest BCUT2D eigenvalue weighted by Gasteiger charge is -2.46. The molecule has 3 rings (SSSR count). The van der Waals surface area contributed by atoms with Gasteiger partial charge in [-0.05, 0) is 57.4 Å². The van der Waals surface area contributed by atoms with Crippen molar-refractivity contribution in [2.75, 3.05) is 0 Å². The van der Waals surface area contributed by atoms with Crippen molar-refractivity contribution in [3.05, 3.63) is 48.0 Å². The van der Waals surface area contributed by atoms with Gasteiger partial charge < -0.3 is 5.11 Å². The van der Waals surface area contributed by atoms with Crippen LogP contribution in [0.15, 0.2) is 42.5 Å². The summed E-state index contributed by atoms with van der Waals surface area (Å²) in [5, 5.41) is 10.7. The van der Waals surface area contributed by atoms with Gasteiger partial charge in [0, 0.05) is 11.2 Å². The van der Waals surface area contributed by atoms with Gasteiger partial charge >= 0.3 is 0 Å². The van der Waals surface area contributed by atoms with E-state index in [4.69, 9.17) is 0 Å². The minimum Gasteiger partial charge on any atom is -0.393 e. The number of hydrogen-bond donors (Lipinski definition) is 1. The smallest absolute Gasteiger partial charge is 0.0551 e. The summed E-state index contributed by atoms with van der Waals surface area (Å²) in [6.45, 7) is 6.81. The second-order valence-corrected chi connectivity index (χ2v) is 8.90. The maximum absolute atomic E-state index is 10.1. The molecule has 2 aliphatic rings. The van der Waals surface area contributed by atoms with Gasteiger partial charge in [-0.1, -0.05) is 58.3 Å². The van der Waals surface area contributed by atoms with Gasteiger partial charge in [-0.2, -0.15) is 0 Å². The molecule has 0 spiro atoms. The van der Waals surface area contributed by atoms with E-state index in [-0.39, 0.29) is 11.5 Å². The molecule has 1 aromatic rings. The number of benzene rings is 1. The zero-order valence-corrected chi connectivity index (χ0v) is 14.7. The van der Waals surface area contributed by atoms with Crippen LogP contribution in [0.4, 0.5) is 0 Å². The third-order valence-corrected chi connectivity index (χ3v) is 7.84. The molecule has 1 nitrogen and oxygen atoms in total. The normalized spacial score (nSPS) is 40.6. The minimum atomic E-state index is -0.142. The van der Waals surface area contributed by atoms with Crippen LogP contribution in [-0.4, -0.2) is 16.5 Å². The molecule has 2 saturated carbocycles. The molecule has 2 unspecified atom stereocenters. The highest BCUT2D eigenvalue weighted by molar-refractivity contribution is 14.2. The third kappa shape index (κ3) is 2.46. The van der Waals surface area contributed by atoms with Crippen LogP contribution in [0.2, 0.25) is 0 Å². The van der Waals surface area contributed by atoms with E-state index in [1.807, 2.05) is 8.93 Å². The van der Waals surface area contributed by atoms with Gasteiger partial charge in [-0.25, -0.2) is 0 Å². The summed E-state index contributed by atoms with van der Waals surface area (Å²) in [6, 6.07) is 10.8. The molecule has 0 bridgehead atoms. The summed E-state index contributed by atoms with van der Waals surface area (Å²) in [5.41, 5.74) is 2.97. The molecule has 108 valence electrons. The number of rotatable bonds is 2. The topological polar surface area (TPSA) is 20.2 Å². The molecule has 0 aromatic heterocycles. The maximum Gasteiger partial charge on any atom is 0.0551 e. The number of halogens is 1. The Bertz CT molecular complexity index is 503. The van der Waals surface area contributed by atoms with Gasteiger partial charge in [0.05, 0.1) is 6.10 Å². The van der Waals surface area contributed by atoms with Crippen molar-refractivity contribution in [1.82, 2.24) is 0 Å². The molecule has 0 amide bonds. The summed E-state index contributed by atoms with van der Waals surface area (Å²) in [5.74, 6) is 0.906. The van der Waals surface area contributed by atoms with Gasteiger partial charge in [0.1, 0.15) is 0 Å². The van der Waals surface area contributed by atoms with Crippen molar-refractivity contribution in [2.24, 2.45) is 11.3 Å². The molecule has 2 fully saturated rings. The van der Waals surface area contributed by atoms with Gasteiger partial charge in [-0.15, -0.1) is 0 Å². The van der Waals surface area contributed by atoms with Crippen LogP contribution in [0.3, 0.4) is 0 Å². The van der Waals surface area contributed by atoms with E-state index in [1.54, 1.807) is 0 Å². The van der Waals surface area contributed by atoms with Gasteiger partial charge in [0.15, 0.2) is 0 Å². The van der Waals surface area contributed by atoms with Crippen LogP contribution in [-0.2, 0) is 0 Å². The second-order valence-electron chi connectivity index (χ2n) is 6.60. The highest BCUT2D eigenvalue weighted by Gasteiger charge is 2.52. The lowest BCUT2D eigenvalue weighted by molar-refractivity contribution is 0.154. The first-order valence-corrected chi connectivity index (χ1v) is 10.7. The molecule has 1 aromatic carbocycles. The molecular weight excluding hydrogens is 379 g/mol. The maximum atomic E-state index is 10.1. The Morgan fingerprint density at radius 1 is 1.30 bits per heavy atom. The van der Waals surface area contributed by atoms with Crippen LogP contribution in [0, 0.1) is 11.3 Å². The third-order valence-electron chi connectivity index (χ3n) is 5.21. The standard InChI is InChI=1S/C17H21IOS/c1-11-14-8-13(19)9-17(14,2)10-15(20-18)16(11)12-6-4-3-5-7-12/h3-7,13-16,19H,1,8-10H2,2H3/t13-,14+,15?,16?,17+/m0/s1. The minimum absolute atomic E-state index is 0.142. The Labute approximate surface area is 137 Å². The summed E-state index contributed by atoms with van der Waals surface area (Å²) < 4.78 is 0. The molecule has 1 N–H and O–H groups in total. The Kier molecular flexibility index (Phi) is 4.22. The Hall–Kier alpha value is -0.0000000000000000763. The fourth-order valence-electron chi connectivity index (χ4n) is 4.35. The zero-order chi connectivity index (χ0) is 14.3. The van der Waals surface area contributed by atoms with Crippen molar-refractivity contribution < 1.29 is 5.11 Å². The van der Waals surface area contributed by atoms with Crippen LogP contribution < -0.4 is 0 Å². The highest BCUT2D eigenvalue weighted by atomic mass is 127. The SMILES string of the molecule is C=C1C(c2ccccc2)C(SI)C[C@@]2(C)C[C@@H](O)C[C@H]12. The fraction of sp³-hybridized carbons (Fsp3) is 0.529. The first kappa shape index (κ1) is 14.9. The predicted octanol–water partition coefficient (Wildman–Crippen LogP) is 4.96. The highest BCUT2D eigenvalue weighted by Crippen LogP contribution is 2.60. The van der Waals surface area contributed by atoms with E-state index in [2.05, 4.69) is 65.0 Å².